The summed E-state index contributed by atoms with van der Waals surface area (Å²) in [7, 11) is 1.85. The molecule has 0 aliphatic heterocycles. The number of rotatable bonds is 6. The lowest BCUT2D eigenvalue weighted by Crippen LogP contribution is -2.55. The molecule has 0 amide bonds. The Morgan fingerprint density at radius 2 is 1.65 bits per heavy atom. The molecule has 4 rings (SSSR count). The summed E-state index contributed by atoms with van der Waals surface area (Å²) in [5.74, 6) is 5.33. The third kappa shape index (κ3) is 4.27. The molecule has 2 heteroatoms. The van der Waals surface area contributed by atoms with Crippen molar-refractivity contribution in [2.45, 2.75) is 130 Å². The van der Waals surface area contributed by atoms with E-state index in [9.17, 15) is 5.11 Å². The zero-order chi connectivity index (χ0) is 22.7. The van der Waals surface area contributed by atoms with Crippen LogP contribution >= 0.6 is 0 Å². The third-order valence-corrected chi connectivity index (χ3v) is 11.7. The summed E-state index contributed by atoms with van der Waals surface area (Å²) in [5.41, 5.74) is 0.673. The van der Waals surface area contributed by atoms with Crippen LogP contribution in [0.4, 0.5) is 0 Å². The highest BCUT2D eigenvalue weighted by molar-refractivity contribution is 5.10. The van der Waals surface area contributed by atoms with Gasteiger partial charge in [0.15, 0.2) is 0 Å². The fraction of sp³-hybridized carbons (Fsp3) is 1.00. The number of methoxy groups -OCH3 is 1. The van der Waals surface area contributed by atoms with Gasteiger partial charge in [-0.15, -0.1) is 0 Å². The van der Waals surface area contributed by atoms with Gasteiger partial charge in [0.2, 0.25) is 0 Å². The van der Waals surface area contributed by atoms with Crippen molar-refractivity contribution >= 4 is 0 Å². The molecule has 0 radical (unpaired) electrons. The van der Waals surface area contributed by atoms with E-state index in [1.165, 1.54) is 64.2 Å². The maximum absolute atomic E-state index is 10.7. The lowest BCUT2D eigenvalue weighted by Gasteiger charge is -2.62. The molecule has 2 nitrogen and oxygen atoms in total. The second kappa shape index (κ2) is 8.30. The van der Waals surface area contributed by atoms with E-state index in [1.54, 1.807) is 0 Å². The van der Waals surface area contributed by atoms with Crippen LogP contribution in [0.25, 0.3) is 0 Å². The van der Waals surface area contributed by atoms with Crippen LogP contribution in [0.3, 0.4) is 0 Å². The van der Waals surface area contributed by atoms with Gasteiger partial charge in [-0.3, -0.25) is 0 Å². The lowest BCUT2D eigenvalue weighted by atomic mass is 9.43. The predicted octanol–water partition coefficient (Wildman–Crippen LogP) is 7.63. The van der Waals surface area contributed by atoms with Gasteiger partial charge in [0.1, 0.15) is 0 Å². The molecule has 31 heavy (non-hydrogen) atoms. The van der Waals surface area contributed by atoms with Crippen molar-refractivity contribution < 1.29 is 9.84 Å². The summed E-state index contributed by atoms with van der Waals surface area (Å²) in [6.07, 6.45) is 15.8. The van der Waals surface area contributed by atoms with Gasteiger partial charge < -0.3 is 9.84 Å². The Bertz CT molecular complexity index is 639. The zero-order valence-electron chi connectivity index (χ0n) is 21.8. The molecular formula is C29H52O2. The Hall–Kier alpha value is -0.0800. The monoisotopic (exact) mass is 432 g/mol. The molecule has 0 aromatic heterocycles. The van der Waals surface area contributed by atoms with Gasteiger partial charge in [-0.25, -0.2) is 0 Å². The number of hydrogen-bond acceptors (Lipinski definition) is 2. The number of aliphatic hydroxyl groups is 1. The summed E-state index contributed by atoms with van der Waals surface area (Å²) in [6.45, 7) is 14.4. The molecule has 9 atom stereocenters. The Kier molecular flexibility index (Phi) is 6.44. The van der Waals surface area contributed by atoms with Crippen molar-refractivity contribution in [1.29, 1.82) is 0 Å². The number of ether oxygens (including phenoxy) is 1. The van der Waals surface area contributed by atoms with Crippen LogP contribution < -0.4 is 0 Å². The van der Waals surface area contributed by atoms with Crippen LogP contribution in [0.1, 0.15) is 119 Å². The molecule has 0 heterocycles. The van der Waals surface area contributed by atoms with Crippen molar-refractivity contribution in [2.24, 2.45) is 46.3 Å². The van der Waals surface area contributed by atoms with Crippen molar-refractivity contribution in [3.63, 3.8) is 0 Å². The minimum Gasteiger partial charge on any atom is -0.390 e. The van der Waals surface area contributed by atoms with Crippen molar-refractivity contribution in [3.8, 4) is 0 Å². The predicted molar refractivity (Wildman–Crippen MR) is 130 cm³/mol. The van der Waals surface area contributed by atoms with Gasteiger partial charge in [-0.2, -0.15) is 0 Å². The number of fused-ring (bicyclic) bond motifs is 5. The highest BCUT2D eigenvalue weighted by atomic mass is 16.5. The van der Waals surface area contributed by atoms with Crippen molar-refractivity contribution in [1.82, 2.24) is 0 Å². The van der Waals surface area contributed by atoms with E-state index in [1.807, 2.05) is 7.11 Å². The normalized spacial score (nSPS) is 48.6. The Balaban J connectivity index is 1.43. The van der Waals surface area contributed by atoms with E-state index < -0.39 is 5.60 Å². The molecule has 0 saturated heterocycles. The van der Waals surface area contributed by atoms with E-state index in [0.29, 0.717) is 10.8 Å². The van der Waals surface area contributed by atoms with Gasteiger partial charge in [-0.1, -0.05) is 33.6 Å². The first-order valence-electron chi connectivity index (χ1n) is 13.7. The smallest absolute Gasteiger partial charge is 0.0622 e. The molecule has 0 bridgehead atoms. The maximum Gasteiger partial charge on any atom is 0.0622 e. The first-order chi connectivity index (χ1) is 14.4. The van der Waals surface area contributed by atoms with Gasteiger partial charge in [-0.05, 0) is 131 Å². The Morgan fingerprint density at radius 3 is 2.35 bits per heavy atom. The van der Waals surface area contributed by atoms with Gasteiger partial charge in [0.05, 0.1) is 11.2 Å². The topological polar surface area (TPSA) is 29.5 Å². The summed E-state index contributed by atoms with van der Waals surface area (Å²) >= 11 is 0. The molecule has 4 saturated carbocycles. The maximum atomic E-state index is 10.7. The standard InChI is InChI=1S/C29H52O2/c1-20(9-8-15-26(2,3)31-7)23-12-13-24-22-11-10-21-19-27(4,30)17-18-28(21,5)25(22)14-16-29(23,24)6/h20-25,30H,8-19H2,1-7H3/t20-,21+,22+,23-,24+,25+,27+,28+,29-/m1/s1. The van der Waals surface area contributed by atoms with Crippen molar-refractivity contribution in [2.75, 3.05) is 7.11 Å². The van der Waals surface area contributed by atoms with Crippen LogP contribution in [0.2, 0.25) is 0 Å². The zero-order valence-corrected chi connectivity index (χ0v) is 21.8. The summed E-state index contributed by atoms with van der Waals surface area (Å²) < 4.78 is 5.66. The Labute approximate surface area is 193 Å². The number of hydrogen-bond donors (Lipinski definition) is 1. The summed E-state index contributed by atoms with van der Waals surface area (Å²) in [6, 6.07) is 0. The molecule has 4 aliphatic carbocycles. The first kappa shape index (κ1) is 24.1. The average molecular weight is 433 g/mol. The van der Waals surface area contributed by atoms with E-state index in [-0.39, 0.29) is 5.60 Å². The van der Waals surface area contributed by atoms with Crippen LogP contribution in [0.15, 0.2) is 0 Å². The second-order valence-electron chi connectivity index (χ2n) is 13.9. The highest BCUT2D eigenvalue weighted by Crippen LogP contribution is 2.68. The van der Waals surface area contributed by atoms with Gasteiger partial charge in [0.25, 0.3) is 0 Å². The van der Waals surface area contributed by atoms with Crippen LogP contribution in [-0.4, -0.2) is 23.4 Å². The lowest BCUT2D eigenvalue weighted by molar-refractivity contribution is -0.148. The fourth-order valence-corrected chi connectivity index (χ4v) is 9.56. The summed E-state index contributed by atoms with van der Waals surface area (Å²) in [5, 5.41) is 10.7. The molecule has 180 valence electrons. The minimum absolute atomic E-state index is 0.0264. The van der Waals surface area contributed by atoms with E-state index in [2.05, 4.69) is 41.5 Å². The second-order valence-corrected chi connectivity index (χ2v) is 13.9. The highest BCUT2D eigenvalue weighted by Gasteiger charge is 2.61. The third-order valence-electron chi connectivity index (χ3n) is 11.7. The summed E-state index contributed by atoms with van der Waals surface area (Å²) in [4.78, 5) is 0. The van der Waals surface area contributed by atoms with E-state index in [0.717, 1.165) is 48.3 Å². The molecule has 0 aromatic rings. The average Bonchev–Trinajstić information content (AvgIpc) is 3.05. The first-order valence-corrected chi connectivity index (χ1v) is 13.7. The van der Waals surface area contributed by atoms with E-state index >= 15 is 0 Å². The molecule has 0 spiro atoms. The SMILES string of the molecule is COC(C)(C)CCC[C@@H](C)[C@H]1CC[C@H]2[C@@H]3CC[C@H]4C[C@@](C)(O)CC[C@]4(C)[C@H]3CC[C@]12C. The Morgan fingerprint density at radius 1 is 0.935 bits per heavy atom. The fourth-order valence-electron chi connectivity index (χ4n) is 9.56. The molecule has 1 N–H and O–H groups in total. The van der Waals surface area contributed by atoms with Gasteiger partial charge >= 0.3 is 0 Å². The molecule has 4 aliphatic rings. The minimum atomic E-state index is -0.411. The van der Waals surface area contributed by atoms with Crippen molar-refractivity contribution in [3.05, 3.63) is 0 Å². The van der Waals surface area contributed by atoms with E-state index in [4.69, 9.17) is 4.74 Å². The largest absolute Gasteiger partial charge is 0.390 e. The molecule has 0 aromatic carbocycles. The molecule has 0 unspecified atom stereocenters. The molecule has 4 fully saturated rings. The molecular weight excluding hydrogens is 380 g/mol. The van der Waals surface area contributed by atoms with Crippen LogP contribution in [0, 0.1) is 46.3 Å². The quantitative estimate of drug-likeness (QED) is 0.467. The van der Waals surface area contributed by atoms with Gasteiger partial charge in [0, 0.05) is 7.11 Å². The van der Waals surface area contributed by atoms with Crippen LogP contribution in [-0.2, 0) is 4.74 Å². The van der Waals surface area contributed by atoms with Crippen LogP contribution in [0.5, 0.6) is 0 Å².